The summed E-state index contributed by atoms with van der Waals surface area (Å²) < 4.78 is 5.38. The van der Waals surface area contributed by atoms with E-state index in [9.17, 15) is 14.4 Å². The van der Waals surface area contributed by atoms with E-state index in [1.54, 1.807) is 0 Å². The van der Waals surface area contributed by atoms with Crippen molar-refractivity contribution in [2.45, 2.75) is 44.3 Å². The molecule has 1 fully saturated rings. The Morgan fingerprint density at radius 1 is 1.35 bits per heavy atom. The molecular formula is C14H23NO4S. The smallest absolute Gasteiger partial charge is 0.242 e. The number of ether oxygens (including phenoxy) is 1. The fourth-order valence-electron chi connectivity index (χ4n) is 2.11. The van der Waals surface area contributed by atoms with Crippen molar-refractivity contribution < 1.29 is 19.1 Å². The first-order valence-electron chi connectivity index (χ1n) is 7.06. The van der Waals surface area contributed by atoms with Crippen LogP contribution in [0.15, 0.2) is 0 Å². The third-order valence-corrected chi connectivity index (χ3v) is 4.16. The minimum atomic E-state index is -0.228. The molecule has 1 saturated heterocycles. The van der Waals surface area contributed by atoms with Crippen LogP contribution in [0.4, 0.5) is 0 Å². The quantitative estimate of drug-likeness (QED) is 0.453. The number of rotatable bonds is 10. The second kappa shape index (κ2) is 9.13. The SMILES string of the molecule is CCCC(=O)CCCOCCN1C(=O)CC(SC)C1=O. The van der Waals surface area contributed by atoms with Crippen molar-refractivity contribution in [3.05, 3.63) is 0 Å². The van der Waals surface area contributed by atoms with Crippen LogP contribution in [0.1, 0.15) is 39.0 Å². The van der Waals surface area contributed by atoms with E-state index in [1.165, 1.54) is 16.7 Å². The van der Waals surface area contributed by atoms with Gasteiger partial charge in [0.25, 0.3) is 0 Å². The number of amides is 2. The topological polar surface area (TPSA) is 63.7 Å². The Labute approximate surface area is 124 Å². The first-order chi connectivity index (χ1) is 9.60. The maximum absolute atomic E-state index is 11.8. The molecule has 0 aliphatic carbocycles. The lowest BCUT2D eigenvalue weighted by Gasteiger charge is -2.14. The predicted molar refractivity (Wildman–Crippen MR) is 78.6 cm³/mol. The number of likely N-dealkylation sites (tertiary alicyclic amines) is 1. The van der Waals surface area contributed by atoms with Crippen molar-refractivity contribution in [2.75, 3.05) is 26.0 Å². The molecule has 20 heavy (non-hydrogen) atoms. The summed E-state index contributed by atoms with van der Waals surface area (Å²) >= 11 is 1.41. The standard InChI is InChI=1S/C14H23NO4S/c1-3-5-11(16)6-4-8-19-9-7-15-13(17)10-12(20-2)14(15)18/h12H,3-10H2,1-2H3. The Kier molecular flexibility index (Phi) is 7.84. The van der Waals surface area contributed by atoms with Crippen LogP contribution in [0.3, 0.4) is 0 Å². The van der Waals surface area contributed by atoms with Crippen LogP contribution in [0.25, 0.3) is 0 Å². The molecule has 114 valence electrons. The van der Waals surface area contributed by atoms with E-state index in [4.69, 9.17) is 4.74 Å². The van der Waals surface area contributed by atoms with Gasteiger partial charge in [0.05, 0.1) is 18.4 Å². The fraction of sp³-hybridized carbons (Fsp3) is 0.786. The van der Waals surface area contributed by atoms with Gasteiger partial charge in [0.1, 0.15) is 5.78 Å². The Morgan fingerprint density at radius 2 is 2.10 bits per heavy atom. The van der Waals surface area contributed by atoms with Crippen molar-refractivity contribution in [3.8, 4) is 0 Å². The lowest BCUT2D eigenvalue weighted by molar-refractivity contribution is -0.139. The first-order valence-corrected chi connectivity index (χ1v) is 8.35. The average Bonchev–Trinajstić information content (AvgIpc) is 2.69. The zero-order chi connectivity index (χ0) is 15.0. The summed E-state index contributed by atoms with van der Waals surface area (Å²) in [5.41, 5.74) is 0. The van der Waals surface area contributed by atoms with Crippen LogP contribution < -0.4 is 0 Å². The van der Waals surface area contributed by atoms with E-state index < -0.39 is 0 Å². The van der Waals surface area contributed by atoms with Crippen molar-refractivity contribution in [2.24, 2.45) is 0 Å². The molecule has 0 aromatic heterocycles. The van der Waals surface area contributed by atoms with Gasteiger partial charge in [-0.15, -0.1) is 0 Å². The number of Topliss-reactive ketones (excluding diaryl/α,β-unsaturated/α-hetero) is 1. The number of imide groups is 1. The highest BCUT2D eigenvalue weighted by Gasteiger charge is 2.37. The van der Waals surface area contributed by atoms with Gasteiger partial charge in [0, 0.05) is 25.9 Å². The molecule has 0 N–H and O–H groups in total. The lowest BCUT2D eigenvalue weighted by Crippen LogP contribution is -2.34. The summed E-state index contributed by atoms with van der Waals surface area (Å²) in [6.07, 6.45) is 4.90. The van der Waals surface area contributed by atoms with Crippen molar-refractivity contribution >= 4 is 29.4 Å². The Morgan fingerprint density at radius 3 is 2.70 bits per heavy atom. The van der Waals surface area contributed by atoms with Gasteiger partial charge in [0.15, 0.2) is 0 Å². The molecule has 1 rings (SSSR count). The number of nitrogens with zero attached hydrogens (tertiary/aromatic N) is 1. The summed E-state index contributed by atoms with van der Waals surface area (Å²) in [5.74, 6) is 0.0455. The predicted octanol–water partition coefficient (Wildman–Crippen LogP) is 1.64. The lowest BCUT2D eigenvalue weighted by atomic mass is 10.1. The number of thioether (sulfide) groups is 1. The molecule has 1 atom stereocenters. The zero-order valence-electron chi connectivity index (χ0n) is 12.2. The van der Waals surface area contributed by atoms with Gasteiger partial charge in [-0.25, -0.2) is 0 Å². The Bertz CT molecular complexity index is 359. The van der Waals surface area contributed by atoms with Crippen molar-refractivity contribution in [1.29, 1.82) is 0 Å². The molecule has 0 aromatic rings. The molecule has 0 saturated carbocycles. The fourth-order valence-corrected chi connectivity index (χ4v) is 2.74. The van der Waals surface area contributed by atoms with Gasteiger partial charge in [-0.3, -0.25) is 19.3 Å². The molecular weight excluding hydrogens is 278 g/mol. The van der Waals surface area contributed by atoms with Crippen LogP contribution >= 0.6 is 11.8 Å². The third kappa shape index (κ3) is 5.25. The Balaban J connectivity index is 2.11. The molecule has 0 bridgehead atoms. The molecule has 6 heteroatoms. The average molecular weight is 301 g/mol. The van der Waals surface area contributed by atoms with E-state index >= 15 is 0 Å². The maximum Gasteiger partial charge on any atom is 0.242 e. The summed E-state index contributed by atoms with van der Waals surface area (Å²) in [7, 11) is 0. The van der Waals surface area contributed by atoms with Crippen LogP contribution in [0.5, 0.6) is 0 Å². The highest BCUT2D eigenvalue weighted by atomic mass is 32.2. The van der Waals surface area contributed by atoms with Gasteiger partial charge in [-0.1, -0.05) is 6.92 Å². The molecule has 1 aliphatic rings. The van der Waals surface area contributed by atoms with Crippen molar-refractivity contribution in [1.82, 2.24) is 4.90 Å². The van der Waals surface area contributed by atoms with E-state index in [0.29, 0.717) is 45.4 Å². The number of carbonyl (C=O) groups excluding carboxylic acids is 3. The third-order valence-electron chi connectivity index (χ3n) is 3.22. The van der Waals surface area contributed by atoms with Crippen LogP contribution in [-0.2, 0) is 19.1 Å². The maximum atomic E-state index is 11.8. The largest absolute Gasteiger partial charge is 0.380 e. The highest BCUT2D eigenvalue weighted by Crippen LogP contribution is 2.22. The molecule has 1 unspecified atom stereocenters. The van der Waals surface area contributed by atoms with Gasteiger partial charge in [-0.2, -0.15) is 11.8 Å². The van der Waals surface area contributed by atoms with E-state index in [0.717, 1.165) is 6.42 Å². The molecule has 1 aliphatic heterocycles. The minimum Gasteiger partial charge on any atom is -0.380 e. The summed E-state index contributed by atoms with van der Waals surface area (Å²) in [5, 5.41) is -0.228. The minimum absolute atomic E-state index is 0.107. The molecule has 2 amide bonds. The first kappa shape index (κ1) is 17.2. The number of hydrogen-bond acceptors (Lipinski definition) is 5. The number of carbonyl (C=O) groups is 3. The summed E-state index contributed by atoms with van der Waals surface area (Å²) in [6, 6.07) is 0. The monoisotopic (exact) mass is 301 g/mol. The van der Waals surface area contributed by atoms with Gasteiger partial charge in [-0.05, 0) is 19.1 Å². The van der Waals surface area contributed by atoms with Crippen LogP contribution in [0.2, 0.25) is 0 Å². The molecule has 5 nitrogen and oxygen atoms in total. The van der Waals surface area contributed by atoms with E-state index in [1.807, 2.05) is 13.2 Å². The van der Waals surface area contributed by atoms with Gasteiger partial charge < -0.3 is 4.74 Å². The highest BCUT2D eigenvalue weighted by molar-refractivity contribution is 8.00. The zero-order valence-corrected chi connectivity index (χ0v) is 13.0. The molecule has 0 spiro atoms. The summed E-state index contributed by atoms with van der Waals surface area (Å²) in [4.78, 5) is 36.0. The molecule has 1 heterocycles. The number of ketones is 1. The Hall–Kier alpha value is -0.880. The van der Waals surface area contributed by atoms with Crippen LogP contribution in [0, 0.1) is 0 Å². The van der Waals surface area contributed by atoms with Gasteiger partial charge >= 0.3 is 0 Å². The number of hydrogen-bond donors (Lipinski definition) is 0. The van der Waals surface area contributed by atoms with Crippen LogP contribution in [-0.4, -0.2) is 53.8 Å². The molecule has 0 radical (unpaired) electrons. The second-order valence-corrected chi connectivity index (χ2v) is 5.86. The normalized spacial score (nSPS) is 18.9. The van der Waals surface area contributed by atoms with Crippen molar-refractivity contribution in [3.63, 3.8) is 0 Å². The van der Waals surface area contributed by atoms with E-state index in [2.05, 4.69) is 0 Å². The molecule has 0 aromatic carbocycles. The van der Waals surface area contributed by atoms with E-state index in [-0.39, 0.29) is 22.8 Å². The second-order valence-electron chi connectivity index (χ2n) is 4.82. The summed E-state index contributed by atoms with van der Waals surface area (Å²) in [6.45, 7) is 3.15. The van der Waals surface area contributed by atoms with Gasteiger partial charge in [0.2, 0.25) is 11.8 Å².